The largest absolute Gasteiger partial charge is 0.376 e. The molecule has 4 aromatic rings. The Bertz CT molecular complexity index is 1350. The van der Waals surface area contributed by atoms with Gasteiger partial charge < -0.3 is 15.4 Å². The van der Waals surface area contributed by atoms with Gasteiger partial charge in [-0.3, -0.25) is 4.79 Å². The first-order valence-corrected chi connectivity index (χ1v) is 15.8. The highest BCUT2D eigenvalue weighted by Gasteiger charge is 2.14. The molecule has 0 saturated heterocycles. The quantitative estimate of drug-likeness (QED) is 0.189. The third-order valence-corrected chi connectivity index (χ3v) is 7.52. The maximum absolute atomic E-state index is 13.1. The number of amides is 1. The van der Waals surface area contributed by atoms with Gasteiger partial charge in [-0.1, -0.05) is 31.2 Å². The molecule has 7 nitrogen and oxygen atoms in total. The molecule has 0 fully saturated rings. The van der Waals surface area contributed by atoms with Crippen LogP contribution in [0.1, 0.15) is 0 Å². The second kappa shape index (κ2) is 11.2. The van der Waals surface area contributed by atoms with E-state index >= 15 is 0 Å². The Balaban J connectivity index is 1.43. The van der Waals surface area contributed by atoms with Gasteiger partial charge in [0, 0.05) is 32.0 Å². The molecule has 188 valence electrons. The molecular weight excluding hydrogens is 497 g/mol. The molecule has 4 rings (SSSR count). The lowest BCUT2D eigenvalue weighted by Crippen LogP contribution is -2.22. The molecule has 0 atom stereocenters. The van der Waals surface area contributed by atoms with Gasteiger partial charge in [-0.25, -0.2) is 14.1 Å². The molecular formula is C26H29ClFN5O2Si. The molecule has 36 heavy (non-hydrogen) atoms. The molecule has 10 heteroatoms. The summed E-state index contributed by atoms with van der Waals surface area (Å²) in [5.74, 6) is -0.623. The van der Waals surface area contributed by atoms with Crippen molar-refractivity contribution in [1.29, 1.82) is 0 Å². The van der Waals surface area contributed by atoms with Crippen molar-refractivity contribution in [2.75, 3.05) is 23.8 Å². The van der Waals surface area contributed by atoms with Gasteiger partial charge in [0.25, 0.3) is 0 Å². The van der Waals surface area contributed by atoms with Gasteiger partial charge in [0.2, 0.25) is 5.91 Å². The summed E-state index contributed by atoms with van der Waals surface area (Å²) in [5, 5.41) is 11.5. The summed E-state index contributed by atoms with van der Waals surface area (Å²) >= 11 is 6.40. The summed E-state index contributed by atoms with van der Waals surface area (Å²) in [6.07, 6.45) is 1.87. The Kier molecular flexibility index (Phi) is 8.03. The van der Waals surface area contributed by atoms with Crippen molar-refractivity contribution in [3.8, 4) is 11.4 Å². The summed E-state index contributed by atoms with van der Waals surface area (Å²) in [5.41, 5.74) is 3.25. The van der Waals surface area contributed by atoms with Gasteiger partial charge in [-0.05, 0) is 60.6 Å². The van der Waals surface area contributed by atoms with Crippen molar-refractivity contribution in [3.05, 3.63) is 71.6 Å². The number of ether oxygens (including phenoxy) is 1. The van der Waals surface area contributed by atoms with Crippen molar-refractivity contribution in [2.45, 2.75) is 32.4 Å². The third kappa shape index (κ3) is 6.90. The average molecular weight is 526 g/mol. The van der Waals surface area contributed by atoms with E-state index in [9.17, 15) is 9.18 Å². The summed E-state index contributed by atoms with van der Waals surface area (Å²) in [6, 6.07) is 16.0. The minimum absolute atomic E-state index is 0.00130. The third-order valence-electron chi connectivity index (χ3n) is 5.51. The number of carbonyl (C=O) groups excluding carboxylic acids is 1. The molecule has 2 N–H and O–H groups in total. The van der Waals surface area contributed by atoms with Crippen molar-refractivity contribution in [2.24, 2.45) is 0 Å². The van der Waals surface area contributed by atoms with E-state index in [2.05, 4.69) is 35.4 Å². The molecule has 2 heterocycles. The number of nitrogens with zero attached hydrogens (tertiary/aromatic N) is 3. The summed E-state index contributed by atoms with van der Waals surface area (Å²) in [4.78, 5) is 17.3. The zero-order valence-electron chi connectivity index (χ0n) is 20.5. The van der Waals surface area contributed by atoms with Gasteiger partial charge in [-0.15, -0.1) is 0 Å². The predicted molar refractivity (Wildman–Crippen MR) is 146 cm³/mol. The second-order valence-electron chi connectivity index (χ2n) is 9.68. The second-order valence-corrected chi connectivity index (χ2v) is 15.7. The van der Waals surface area contributed by atoms with Gasteiger partial charge in [0.15, 0.2) is 0 Å². The lowest BCUT2D eigenvalue weighted by molar-refractivity contribution is -0.114. The van der Waals surface area contributed by atoms with Crippen LogP contribution in [-0.2, 0) is 16.3 Å². The molecule has 0 spiro atoms. The highest BCUT2D eigenvalue weighted by atomic mass is 35.5. The molecule has 0 bridgehead atoms. The lowest BCUT2D eigenvalue weighted by atomic mass is 10.1. The number of benzene rings is 2. The SMILES string of the molecule is C[Si](C)(C)CCOCn1ccc(-c2ccc3c(NC(=O)CNc4ccc(F)cc4)c(Cl)ccc3n2)n1. The molecule has 0 aliphatic carbocycles. The monoisotopic (exact) mass is 525 g/mol. The van der Waals surface area contributed by atoms with Crippen LogP contribution in [0.3, 0.4) is 0 Å². The minimum atomic E-state index is -1.13. The maximum atomic E-state index is 13.1. The molecule has 2 aromatic heterocycles. The van der Waals surface area contributed by atoms with Gasteiger partial charge >= 0.3 is 0 Å². The van der Waals surface area contributed by atoms with E-state index in [1.807, 2.05) is 30.5 Å². The maximum Gasteiger partial charge on any atom is 0.243 e. The van der Waals surface area contributed by atoms with Gasteiger partial charge in [0.1, 0.15) is 18.2 Å². The number of halogens is 2. The van der Waals surface area contributed by atoms with E-state index in [4.69, 9.17) is 21.3 Å². The Morgan fingerprint density at radius 1 is 1.06 bits per heavy atom. The van der Waals surface area contributed by atoms with Crippen molar-refractivity contribution in [1.82, 2.24) is 14.8 Å². The van der Waals surface area contributed by atoms with Gasteiger partial charge in [-0.2, -0.15) is 5.10 Å². The van der Waals surface area contributed by atoms with Crippen molar-refractivity contribution >= 4 is 47.9 Å². The fourth-order valence-corrected chi connectivity index (χ4v) is 4.46. The Morgan fingerprint density at radius 3 is 2.58 bits per heavy atom. The summed E-state index contributed by atoms with van der Waals surface area (Å²) < 4.78 is 20.6. The standard InChI is InChI=1S/C26H29ClFN5O2Si/c1-36(2,3)15-14-35-17-33-13-12-24(32-33)23-10-8-20-22(30-23)11-9-21(27)26(20)31-25(34)16-29-19-6-4-18(28)5-7-19/h4-13,29H,14-17H2,1-3H3,(H,31,34). The summed E-state index contributed by atoms with van der Waals surface area (Å²) in [7, 11) is -1.13. The highest BCUT2D eigenvalue weighted by Crippen LogP contribution is 2.32. The van der Waals surface area contributed by atoms with E-state index in [0.29, 0.717) is 34.3 Å². The van der Waals surface area contributed by atoms with Crippen LogP contribution in [0, 0.1) is 5.82 Å². The molecule has 0 unspecified atom stereocenters. The van der Waals surface area contributed by atoms with Crippen LogP contribution in [-0.4, -0.2) is 41.9 Å². The number of nitrogens with one attached hydrogen (secondary N) is 2. The number of anilines is 2. The van der Waals surface area contributed by atoms with E-state index in [0.717, 1.165) is 23.7 Å². The Hall–Kier alpha value is -3.27. The van der Waals surface area contributed by atoms with E-state index in [1.165, 1.54) is 12.1 Å². The smallest absolute Gasteiger partial charge is 0.243 e. The predicted octanol–water partition coefficient (Wildman–Crippen LogP) is 6.25. The number of rotatable bonds is 10. The van der Waals surface area contributed by atoms with Crippen LogP contribution in [0.4, 0.5) is 15.8 Å². The minimum Gasteiger partial charge on any atom is -0.376 e. The number of hydrogen-bond acceptors (Lipinski definition) is 5. The number of hydrogen-bond donors (Lipinski definition) is 2. The first kappa shape index (κ1) is 25.8. The van der Waals surface area contributed by atoms with Crippen LogP contribution in [0.2, 0.25) is 30.7 Å². The molecule has 0 aliphatic heterocycles. The zero-order valence-corrected chi connectivity index (χ0v) is 22.3. The number of pyridine rings is 1. The fourth-order valence-electron chi connectivity index (χ4n) is 3.49. The van der Waals surface area contributed by atoms with E-state index in [-0.39, 0.29) is 18.3 Å². The number of fused-ring (bicyclic) bond motifs is 1. The van der Waals surface area contributed by atoms with Crippen LogP contribution in [0.5, 0.6) is 0 Å². The molecule has 0 saturated carbocycles. The molecule has 2 aromatic carbocycles. The molecule has 0 radical (unpaired) electrons. The van der Waals surface area contributed by atoms with Crippen molar-refractivity contribution < 1.29 is 13.9 Å². The topological polar surface area (TPSA) is 81.1 Å². The highest BCUT2D eigenvalue weighted by molar-refractivity contribution is 6.76. The van der Waals surface area contributed by atoms with Crippen LogP contribution >= 0.6 is 11.6 Å². The normalized spacial score (nSPS) is 11.6. The number of aromatic nitrogens is 3. The molecule has 0 aliphatic rings. The van der Waals surface area contributed by atoms with Crippen molar-refractivity contribution in [3.63, 3.8) is 0 Å². The first-order chi connectivity index (χ1) is 17.2. The Labute approximate surface area is 215 Å². The van der Waals surface area contributed by atoms with Crippen LogP contribution in [0.25, 0.3) is 22.3 Å². The van der Waals surface area contributed by atoms with Crippen LogP contribution in [0.15, 0.2) is 60.8 Å². The Morgan fingerprint density at radius 2 is 1.83 bits per heavy atom. The number of carbonyl (C=O) groups is 1. The first-order valence-electron chi connectivity index (χ1n) is 11.7. The average Bonchev–Trinajstić information content (AvgIpc) is 3.31. The van der Waals surface area contributed by atoms with E-state index < -0.39 is 8.07 Å². The van der Waals surface area contributed by atoms with Gasteiger partial charge in [0.05, 0.1) is 28.5 Å². The fraction of sp³-hybridized carbons (Fsp3) is 0.269. The van der Waals surface area contributed by atoms with E-state index in [1.54, 1.807) is 22.9 Å². The summed E-state index contributed by atoms with van der Waals surface area (Å²) in [6.45, 7) is 8.10. The zero-order chi connectivity index (χ0) is 25.7. The lowest BCUT2D eigenvalue weighted by Gasteiger charge is -2.15. The molecule has 1 amide bonds. The van der Waals surface area contributed by atoms with Crippen LogP contribution < -0.4 is 10.6 Å².